The Hall–Kier alpha value is -2.49. The van der Waals surface area contributed by atoms with Crippen molar-refractivity contribution in [1.82, 2.24) is 4.98 Å². The van der Waals surface area contributed by atoms with Crippen LogP contribution in [-0.2, 0) is 22.4 Å². The van der Waals surface area contributed by atoms with E-state index in [0.29, 0.717) is 30.8 Å². The van der Waals surface area contributed by atoms with Gasteiger partial charge in [0.2, 0.25) is 0 Å². The fourth-order valence-electron chi connectivity index (χ4n) is 6.84. The van der Waals surface area contributed by atoms with Crippen LogP contribution in [-0.4, -0.2) is 17.6 Å². The van der Waals surface area contributed by atoms with Gasteiger partial charge in [-0.15, -0.1) is 0 Å². The molecule has 0 amide bonds. The van der Waals surface area contributed by atoms with Gasteiger partial charge in [-0.3, -0.25) is 9.78 Å². The second-order valence-electron chi connectivity index (χ2n) is 9.96. The maximum atomic E-state index is 13.9. The molecule has 168 valence electrons. The molecule has 1 heterocycles. The van der Waals surface area contributed by atoms with Gasteiger partial charge in [0.25, 0.3) is 0 Å². The van der Waals surface area contributed by atoms with Gasteiger partial charge in [0.1, 0.15) is 5.82 Å². The number of aromatic nitrogens is 1. The summed E-state index contributed by atoms with van der Waals surface area (Å²) < 4.78 is 18.9. The number of halogens is 1. The fourth-order valence-corrected chi connectivity index (χ4v) is 6.84. The molecule has 3 aliphatic rings. The third-order valence-electron chi connectivity index (χ3n) is 8.31. The van der Waals surface area contributed by atoms with Crippen LogP contribution < -0.4 is 0 Å². The van der Waals surface area contributed by atoms with Gasteiger partial charge in [-0.2, -0.15) is 0 Å². The maximum Gasteiger partial charge on any atom is 0.306 e. The summed E-state index contributed by atoms with van der Waals surface area (Å²) in [4.78, 5) is 15.8. The second-order valence-corrected chi connectivity index (χ2v) is 9.96. The van der Waals surface area contributed by atoms with Gasteiger partial charge >= 0.3 is 5.97 Å². The molecule has 0 saturated heterocycles. The summed E-state index contributed by atoms with van der Waals surface area (Å²) in [5.41, 5.74) is 6.58. The summed E-state index contributed by atoms with van der Waals surface area (Å²) in [5.74, 6) is 1.51. The number of hydrogen-bond acceptors (Lipinski definition) is 3. The van der Waals surface area contributed by atoms with Crippen molar-refractivity contribution in [3.63, 3.8) is 0 Å². The Kier molecular flexibility index (Phi) is 5.65. The van der Waals surface area contributed by atoms with E-state index in [-0.39, 0.29) is 17.2 Å². The lowest BCUT2D eigenvalue weighted by molar-refractivity contribution is -0.143. The largest absolute Gasteiger partial charge is 0.466 e. The molecule has 3 nitrogen and oxygen atoms in total. The van der Waals surface area contributed by atoms with Crippen molar-refractivity contribution >= 4 is 11.5 Å². The van der Waals surface area contributed by atoms with E-state index in [1.54, 1.807) is 6.07 Å². The van der Waals surface area contributed by atoms with Gasteiger partial charge in [0.15, 0.2) is 0 Å². The maximum absolute atomic E-state index is 13.9. The van der Waals surface area contributed by atoms with Crippen molar-refractivity contribution in [3.05, 3.63) is 70.8 Å². The summed E-state index contributed by atoms with van der Waals surface area (Å²) in [6, 6.07) is 8.52. The number of nitrogens with zero attached hydrogens (tertiary/aromatic N) is 1. The molecular weight excluding hydrogens is 401 g/mol. The van der Waals surface area contributed by atoms with Crippen molar-refractivity contribution in [1.29, 1.82) is 0 Å². The minimum atomic E-state index is -0.255. The molecular formula is C28H32FNO2. The van der Waals surface area contributed by atoms with Crippen molar-refractivity contribution in [2.75, 3.05) is 6.61 Å². The van der Waals surface area contributed by atoms with Crippen LogP contribution in [0.25, 0.3) is 5.57 Å². The normalized spacial score (nSPS) is 28.3. The predicted molar refractivity (Wildman–Crippen MR) is 124 cm³/mol. The van der Waals surface area contributed by atoms with Crippen molar-refractivity contribution < 1.29 is 13.9 Å². The zero-order valence-corrected chi connectivity index (χ0v) is 19.1. The van der Waals surface area contributed by atoms with Crippen molar-refractivity contribution in [2.45, 2.75) is 64.7 Å². The molecule has 4 atom stereocenters. The molecule has 4 heteroatoms. The van der Waals surface area contributed by atoms with E-state index >= 15 is 0 Å². The summed E-state index contributed by atoms with van der Waals surface area (Å²) in [6.07, 6.45) is 12.4. The van der Waals surface area contributed by atoms with Gasteiger partial charge in [0.05, 0.1) is 12.8 Å². The first kappa shape index (κ1) is 21.4. The first-order valence-corrected chi connectivity index (χ1v) is 12.1. The number of rotatable bonds is 5. The summed E-state index contributed by atoms with van der Waals surface area (Å²) in [5, 5.41) is 0. The number of aryl methyl sites for hydroxylation is 2. The Morgan fingerprint density at radius 2 is 2.12 bits per heavy atom. The molecule has 1 aromatic heterocycles. The van der Waals surface area contributed by atoms with Crippen LogP contribution in [0, 0.1) is 23.1 Å². The number of pyridine rings is 1. The average Bonchev–Trinajstić information content (AvgIpc) is 3.15. The minimum absolute atomic E-state index is 0.105. The molecule has 0 bridgehead atoms. The van der Waals surface area contributed by atoms with Crippen LogP contribution in [0.1, 0.15) is 74.1 Å². The molecule has 1 aromatic carbocycles. The number of allylic oxidation sites excluding steroid dienone is 2. The SMILES string of the molecule is CCOC(=O)CCc1ccc2c(c1)CC[C@@H]1[C@@H]2CC[C@]2(C)C(c3cncc(F)c3)=CC[C@@H]12. The van der Waals surface area contributed by atoms with E-state index in [9.17, 15) is 9.18 Å². The lowest BCUT2D eigenvalue weighted by atomic mass is 9.54. The molecule has 1 fully saturated rings. The first-order valence-electron chi connectivity index (χ1n) is 12.1. The fraction of sp³-hybridized carbons (Fsp3) is 0.500. The Morgan fingerprint density at radius 1 is 1.25 bits per heavy atom. The molecule has 0 radical (unpaired) electrons. The van der Waals surface area contributed by atoms with E-state index in [2.05, 4.69) is 36.2 Å². The van der Waals surface area contributed by atoms with E-state index in [4.69, 9.17) is 4.74 Å². The zero-order valence-electron chi connectivity index (χ0n) is 19.1. The molecule has 3 aliphatic carbocycles. The van der Waals surface area contributed by atoms with Crippen LogP contribution in [0.4, 0.5) is 4.39 Å². The number of fused-ring (bicyclic) bond motifs is 5. The molecule has 0 spiro atoms. The highest BCUT2D eigenvalue weighted by molar-refractivity contribution is 5.72. The minimum Gasteiger partial charge on any atom is -0.466 e. The number of carbonyl (C=O) groups excluding carboxylic acids is 1. The predicted octanol–water partition coefficient (Wildman–Crippen LogP) is 6.27. The smallest absolute Gasteiger partial charge is 0.306 e. The third kappa shape index (κ3) is 3.68. The van der Waals surface area contributed by atoms with E-state index < -0.39 is 0 Å². The molecule has 0 N–H and O–H groups in total. The second kappa shape index (κ2) is 8.46. The van der Waals surface area contributed by atoms with E-state index in [1.165, 1.54) is 41.3 Å². The van der Waals surface area contributed by atoms with Gasteiger partial charge in [0, 0.05) is 12.6 Å². The molecule has 0 aliphatic heterocycles. The molecule has 2 aromatic rings. The van der Waals surface area contributed by atoms with Crippen molar-refractivity contribution in [3.8, 4) is 0 Å². The number of ether oxygens (including phenoxy) is 1. The van der Waals surface area contributed by atoms with Crippen molar-refractivity contribution in [2.24, 2.45) is 17.3 Å². The summed E-state index contributed by atoms with van der Waals surface area (Å²) in [7, 11) is 0. The first-order chi connectivity index (χ1) is 15.5. The van der Waals surface area contributed by atoms with Crippen LogP contribution in [0.15, 0.2) is 42.7 Å². The molecule has 0 unspecified atom stereocenters. The van der Waals surface area contributed by atoms with E-state index in [0.717, 1.165) is 31.2 Å². The Bertz CT molecular complexity index is 1060. The summed E-state index contributed by atoms with van der Waals surface area (Å²) in [6.45, 7) is 4.68. The number of esters is 1. The van der Waals surface area contributed by atoms with Gasteiger partial charge in [-0.1, -0.05) is 31.2 Å². The highest BCUT2D eigenvalue weighted by atomic mass is 19.1. The Balaban J connectivity index is 1.34. The van der Waals surface area contributed by atoms with Crippen LogP contribution in [0.5, 0.6) is 0 Å². The highest BCUT2D eigenvalue weighted by Gasteiger charge is 2.51. The zero-order chi connectivity index (χ0) is 22.3. The topological polar surface area (TPSA) is 39.2 Å². The molecule has 5 rings (SSSR count). The van der Waals surface area contributed by atoms with Crippen LogP contribution in [0.2, 0.25) is 0 Å². The van der Waals surface area contributed by atoms with Gasteiger partial charge in [-0.05, 0) is 103 Å². The molecule has 32 heavy (non-hydrogen) atoms. The van der Waals surface area contributed by atoms with Crippen LogP contribution in [0.3, 0.4) is 0 Å². The lowest BCUT2D eigenvalue weighted by Gasteiger charge is -2.50. The van der Waals surface area contributed by atoms with Gasteiger partial charge in [-0.25, -0.2) is 4.39 Å². The third-order valence-corrected chi connectivity index (χ3v) is 8.31. The van der Waals surface area contributed by atoms with Crippen LogP contribution >= 0.6 is 0 Å². The lowest BCUT2D eigenvalue weighted by Crippen LogP contribution is -2.40. The quantitative estimate of drug-likeness (QED) is 0.522. The number of carbonyl (C=O) groups is 1. The Morgan fingerprint density at radius 3 is 2.94 bits per heavy atom. The number of benzene rings is 1. The monoisotopic (exact) mass is 433 g/mol. The van der Waals surface area contributed by atoms with E-state index in [1.807, 2.05) is 13.1 Å². The average molecular weight is 434 g/mol. The standard InChI is InChI=1S/C28H32FNO2/c1-3-32-27(31)11-5-18-4-7-22-19(14-18)6-8-24-23(22)12-13-28(2)25(9-10-26(24)28)20-15-21(29)17-30-16-20/h4,7,9,14-17,23-24,26H,3,5-6,8,10-13H2,1-2H3/t23-,24-,26+,28-/m1/s1. The summed E-state index contributed by atoms with van der Waals surface area (Å²) >= 11 is 0. The molecule has 1 saturated carbocycles. The van der Waals surface area contributed by atoms with Gasteiger partial charge < -0.3 is 4.74 Å². The highest BCUT2D eigenvalue weighted by Crippen LogP contribution is 2.63. The Labute approximate surface area is 190 Å². The number of hydrogen-bond donors (Lipinski definition) is 0.